The van der Waals surface area contributed by atoms with Gasteiger partial charge in [-0.3, -0.25) is 4.79 Å². The van der Waals surface area contributed by atoms with Crippen LogP contribution in [-0.2, 0) is 27.7 Å². The number of anilines is 1. The van der Waals surface area contributed by atoms with E-state index in [1.54, 1.807) is 0 Å². The molecule has 0 aromatic heterocycles. The maximum Gasteiger partial charge on any atom is 0.243 e. The normalized spacial score (nSPS) is 11.5. The van der Waals surface area contributed by atoms with Crippen LogP contribution >= 0.6 is 11.6 Å². The minimum Gasteiger partial charge on any atom is -0.495 e. The molecule has 0 aliphatic heterocycles. The van der Waals surface area contributed by atoms with Gasteiger partial charge in [0.15, 0.2) is 0 Å². The number of ether oxygens (including phenoxy) is 1. The first-order valence-corrected chi connectivity index (χ1v) is 10.8. The van der Waals surface area contributed by atoms with E-state index < -0.39 is 15.9 Å². The maximum absolute atomic E-state index is 12.8. The molecule has 0 aliphatic carbocycles. The molecule has 0 atom stereocenters. The highest BCUT2D eigenvalue weighted by atomic mass is 35.5. The lowest BCUT2D eigenvalue weighted by atomic mass is 10.0. The second kappa shape index (κ2) is 9.41. The van der Waals surface area contributed by atoms with E-state index in [-0.39, 0.29) is 16.5 Å². The largest absolute Gasteiger partial charge is 0.495 e. The van der Waals surface area contributed by atoms with Gasteiger partial charge in [-0.1, -0.05) is 43.6 Å². The van der Waals surface area contributed by atoms with Gasteiger partial charge in [0.1, 0.15) is 5.75 Å². The Morgan fingerprint density at radius 1 is 1.14 bits per heavy atom. The Morgan fingerprint density at radius 2 is 1.75 bits per heavy atom. The van der Waals surface area contributed by atoms with Gasteiger partial charge in [-0.2, -0.15) is 4.31 Å². The summed E-state index contributed by atoms with van der Waals surface area (Å²) in [7, 11) is -1.06. The predicted molar refractivity (Wildman–Crippen MR) is 112 cm³/mol. The van der Waals surface area contributed by atoms with Crippen LogP contribution in [0, 0.1) is 0 Å². The quantitative estimate of drug-likeness (QED) is 0.700. The standard InChI is InChI=1S/C20H25ClN2O4S/c1-5-14-8-7-9-15(6-2)20(14)22-19(24)13-23(3)28(25,26)16-10-11-18(27-4)17(21)12-16/h7-12H,5-6,13H2,1-4H3,(H,22,24). The van der Waals surface area contributed by atoms with Crippen LogP contribution in [0.5, 0.6) is 5.75 Å². The van der Waals surface area contributed by atoms with Crippen LogP contribution < -0.4 is 10.1 Å². The number of likely N-dealkylation sites (N-methyl/N-ethyl adjacent to an activating group) is 1. The van der Waals surface area contributed by atoms with Gasteiger partial charge >= 0.3 is 0 Å². The highest BCUT2D eigenvalue weighted by Gasteiger charge is 2.24. The maximum atomic E-state index is 12.8. The molecule has 1 N–H and O–H groups in total. The Kier molecular flexibility index (Phi) is 7.46. The third-order valence-electron chi connectivity index (χ3n) is 4.46. The van der Waals surface area contributed by atoms with Crippen molar-refractivity contribution in [2.75, 3.05) is 26.0 Å². The van der Waals surface area contributed by atoms with Crippen LogP contribution in [-0.4, -0.2) is 39.3 Å². The van der Waals surface area contributed by atoms with Crippen molar-refractivity contribution in [3.63, 3.8) is 0 Å². The molecule has 1 amide bonds. The number of nitrogens with one attached hydrogen (secondary N) is 1. The van der Waals surface area contributed by atoms with Crippen LogP contribution in [0.15, 0.2) is 41.3 Å². The van der Waals surface area contributed by atoms with Gasteiger partial charge in [0.05, 0.1) is 23.6 Å². The van der Waals surface area contributed by atoms with Crippen LogP contribution in [0.3, 0.4) is 0 Å². The van der Waals surface area contributed by atoms with Crippen molar-refractivity contribution < 1.29 is 17.9 Å². The van der Waals surface area contributed by atoms with Gasteiger partial charge < -0.3 is 10.1 Å². The number of nitrogens with zero attached hydrogens (tertiary/aromatic N) is 1. The van der Waals surface area contributed by atoms with Crippen molar-refractivity contribution >= 4 is 33.2 Å². The van der Waals surface area contributed by atoms with Crippen LogP contribution in [0.1, 0.15) is 25.0 Å². The molecular weight excluding hydrogens is 400 g/mol. The summed E-state index contributed by atoms with van der Waals surface area (Å²) >= 11 is 6.03. The first-order valence-electron chi connectivity index (χ1n) is 8.95. The van der Waals surface area contributed by atoms with E-state index >= 15 is 0 Å². The van der Waals surface area contributed by atoms with Gasteiger partial charge in [0.2, 0.25) is 15.9 Å². The van der Waals surface area contributed by atoms with E-state index in [9.17, 15) is 13.2 Å². The molecule has 0 bridgehead atoms. The topological polar surface area (TPSA) is 75.7 Å². The SMILES string of the molecule is CCc1cccc(CC)c1NC(=O)CN(C)S(=O)(=O)c1ccc(OC)c(Cl)c1. The highest BCUT2D eigenvalue weighted by Crippen LogP contribution is 2.28. The second-order valence-corrected chi connectivity index (χ2v) is 8.72. The van der Waals surface area contributed by atoms with Crippen LogP contribution in [0.2, 0.25) is 5.02 Å². The third-order valence-corrected chi connectivity index (χ3v) is 6.56. The lowest BCUT2D eigenvalue weighted by molar-refractivity contribution is -0.116. The molecule has 2 rings (SSSR count). The Labute approximate surface area is 171 Å². The van der Waals surface area contributed by atoms with E-state index in [4.69, 9.17) is 16.3 Å². The summed E-state index contributed by atoms with van der Waals surface area (Å²) in [5.74, 6) is -0.0226. The highest BCUT2D eigenvalue weighted by molar-refractivity contribution is 7.89. The molecule has 2 aromatic carbocycles. The van der Waals surface area contributed by atoms with Crippen molar-refractivity contribution in [3.05, 3.63) is 52.5 Å². The fraction of sp³-hybridized carbons (Fsp3) is 0.350. The molecule has 0 unspecified atom stereocenters. The number of amides is 1. The summed E-state index contributed by atoms with van der Waals surface area (Å²) in [6.07, 6.45) is 1.53. The first-order chi connectivity index (χ1) is 13.2. The van der Waals surface area contributed by atoms with Gasteiger partial charge in [-0.15, -0.1) is 0 Å². The van der Waals surface area contributed by atoms with Crippen molar-refractivity contribution in [3.8, 4) is 5.75 Å². The molecule has 8 heteroatoms. The minimum atomic E-state index is -3.87. The zero-order chi connectivity index (χ0) is 20.9. The molecule has 28 heavy (non-hydrogen) atoms. The number of carbonyl (C=O) groups is 1. The summed E-state index contributed by atoms with van der Waals surface area (Å²) in [5, 5.41) is 3.06. The summed E-state index contributed by atoms with van der Waals surface area (Å²) in [6.45, 7) is 3.70. The fourth-order valence-corrected chi connectivity index (χ4v) is 4.33. The molecule has 0 radical (unpaired) electrons. The average molecular weight is 425 g/mol. The predicted octanol–water partition coefficient (Wildman–Crippen LogP) is 3.73. The smallest absolute Gasteiger partial charge is 0.243 e. The number of hydrogen-bond acceptors (Lipinski definition) is 4. The van der Waals surface area contributed by atoms with E-state index in [2.05, 4.69) is 5.32 Å². The molecule has 6 nitrogen and oxygen atoms in total. The number of carbonyl (C=O) groups excluding carboxylic acids is 1. The third kappa shape index (κ3) is 4.84. The number of sulfonamides is 1. The van der Waals surface area contributed by atoms with E-state index in [1.165, 1.54) is 32.4 Å². The van der Waals surface area contributed by atoms with E-state index in [0.717, 1.165) is 34.0 Å². The van der Waals surface area contributed by atoms with Gasteiger partial charge in [-0.25, -0.2) is 8.42 Å². The number of halogens is 1. The number of para-hydroxylation sites is 1. The monoisotopic (exact) mass is 424 g/mol. The molecule has 0 saturated carbocycles. The molecule has 0 saturated heterocycles. The Balaban J connectivity index is 2.19. The number of aryl methyl sites for hydroxylation is 2. The van der Waals surface area contributed by atoms with E-state index in [0.29, 0.717) is 5.75 Å². The number of benzene rings is 2. The first kappa shape index (κ1) is 22.2. The number of methoxy groups -OCH3 is 1. The lowest BCUT2D eigenvalue weighted by Gasteiger charge is -2.19. The molecule has 152 valence electrons. The second-order valence-electron chi connectivity index (χ2n) is 6.26. The molecule has 0 heterocycles. The minimum absolute atomic E-state index is 0.00296. The Hall–Kier alpha value is -2.09. The Morgan fingerprint density at radius 3 is 2.25 bits per heavy atom. The molecule has 0 fully saturated rings. The number of rotatable bonds is 8. The van der Waals surface area contributed by atoms with Crippen molar-refractivity contribution in [1.29, 1.82) is 0 Å². The van der Waals surface area contributed by atoms with Crippen molar-refractivity contribution in [2.24, 2.45) is 0 Å². The lowest BCUT2D eigenvalue weighted by Crippen LogP contribution is -2.35. The molecule has 0 spiro atoms. The zero-order valence-electron chi connectivity index (χ0n) is 16.5. The van der Waals surface area contributed by atoms with Gasteiger partial charge in [0, 0.05) is 12.7 Å². The Bertz CT molecular complexity index is 938. The summed E-state index contributed by atoms with van der Waals surface area (Å²) in [4.78, 5) is 12.5. The van der Waals surface area contributed by atoms with Gasteiger partial charge in [-0.05, 0) is 42.2 Å². The van der Waals surface area contributed by atoms with Gasteiger partial charge in [0.25, 0.3) is 0 Å². The molecule has 2 aromatic rings. The zero-order valence-corrected chi connectivity index (χ0v) is 18.0. The van der Waals surface area contributed by atoms with Crippen molar-refractivity contribution in [1.82, 2.24) is 4.31 Å². The molecule has 0 aliphatic rings. The fourth-order valence-electron chi connectivity index (χ4n) is 2.86. The number of hydrogen-bond donors (Lipinski definition) is 1. The molecular formula is C20H25ClN2O4S. The van der Waals surface area contributed by atoms with Crippen LogP contribution in [0.4, 0.5) is 5.69 Å². The summed E-state index contributed by atoms with van der Waals surface area (Å²) in [6, 6.07) is 10.1. The van der Waals surface area contributed by atoms with E-state index in [1.807, 2.05) is 32.0 Å². The summed E-state index contributed by atoms with van der Waals surface area (Å²) in [5.41, 5.74) is 2.79. The van der Waals surface area contributed by atoms with Crippen LogP contribution in [0.25, 0.3) is 0 Å². The average Bonchev–Trinajstić information content (AvgIpc) is 2.67. The van der Waals surface area contributed by atoms with Crippen molar-refractivity contribution in [2.45, 2.75) is 31.6 Å². The summed E-state index contributed by atoms with van der Waals surface area (Å²) < 4.78 is 31.6.